The normalized spacial score (nSPS) is 10.5. The average molecular weight is 479 g/mol. The molecule has 0 atom stereocenters. The summed E-state index contributed by atoms with van der Waals surface area (Å²) in [4.78, 5) is 49.5. The van der Waals surface area contributed by atoms with Crippen molar-refractivity contribution in [1.82, 2.24) is 21.3 Å². The van der Waals surface area contributed by atoms with E-state index in [1.54, 1.807) is 12.1 Å². The molecule has 0 aliphatic carbocycles. The Balaban J connectivity index is 3.34. The molecule has 0 heterocycles. The predicted octanol–water partition coefficient (Wildman–Crippen LogP) is -3.84. The molecule has 0 radical (unpaired) electrons. The van der Waals surface area contributed by atoms with Crippen LogP contribution in [0.15, 0.2) is 12.1 Å². The minimum atomic E-state index is -0.263. The number of benzene rings is 1. The molecule has 12 heteroatoms. The molecule has 190 valence electrons. The molecule has 0 saturated heterocycles. The Morgan fingerprint density at radius 1 is 0.471 bits per heavy atom. The van der Waals surface area contributed by atoms with E-state index in [4.69, 9.17) is 22.9 Å². The summed E-state index contributed by atoms with van der Waals surface area (Å²) in [5.74, 6) is -1.05. The second kappa shape index (κ2) is 16.5. The van der Waals surface area contributed by atoms with Gasteiger partial charge in [-0.2, -0.15) is 0 Å². The highest BCUT2D eigenvalue weighted by atomic mass is 16.2. The van der Waals surface area contributed by atoms with E-state index in [1.807, 2.05) is 0 Å². The number of rotatable bonds is 16. The van der Waals surface area contributed by atoms with Crippen LogP contribution in [0.1, 0.15) is 22.3 Å². The lowest BCUT2D eigenvalue weighted by Gasteiger charge is -2.17. The topological polar surface area (TPSA) is 220 Å². The Morgan fingerprint density at radius 3 is 0.853 bits per heavy atom. The highest BCUT2D eigenvalue weighted by Gasteiger charge is 2.18. The molecule has 0 spiro atoms. The molecule has 34 heavy (non-hydrogen) atoms. The largest absolute Gasteiger partial charge is 0.355 e. The van der Waals surface area contributed by atoms with Crippen molar-refractivity contribution < 1.29 is 19.2 Å². The molecule has 12 nitrogen and oxygen atoms in total. The van der Waals surface area contributed by atoms with Crippen molar-refractivity contribution in [2.24, 2.45) is 22.9 Å². The van der Waals surface area contributed by atoms with Gasteiger partial charge in [0.25, 0.3) is 0 Å². The van der Waals surface area contributed by atoms with Gasteiger partial charge in [-0.3, -0.25) is 19.2 Å². The molecular formula is C22H38N8O4. The number of hydrogen-bond acceptors (Lipinski definition) is 8. The summed E-state index contributed by atoms with van der Waals surface area (Å²) in [7, 11) is 0. The number of amides is 4. The molecule has 4 amide bonds. The maximum absolute atomic E-state index is 12.4. The van der Waals surface area contributed by atoms with Gasteiger partial charge in [0.2, 0.25) is 23.6 Å². The fraction of sp³-hybridized carbons (Fsp3) is 0.545. The van der Waals surface area contributed by atoms with Gasteiger partial charge in [0.05, 0.1) is 25.7 Å². The third-order valence-electron chi connectivity index (χ3n) is 4.79. The number of nitrogens with one attached hydrogen (secondary N) is 4. The van der Waals surface area contributed by atoms with E-state index in [2.05, 4.69) is 21.3 Å². The predicted molar refractivity (Wildman–Crippen MR) is 130 cm³/mol. The maximum Gasteiger partial charge on any atom is 0.224 e. The lowest BCUT2D eigenvalue weighted by Crippen LogP contribution is -2.33. The summed E-state index contributed by atoms with van der Waals surface area (Å²) in [5.41, 5.74) is 24.2. The van der Waals surface area contributed by atoms with E-state index in [1.165, 1.54) is 0 Å². The van der Waals surface area contributed by atoms with E-state index < -0.39 is 0 Å². The molecular weight excluding hydrogens is 440 g/mol. The van der Waals surface area contributed by atoms with Gasteiger partial charge in [0.1, 0.15) is 0 Å². The Morgan fingerprint density at radius 2 is 0.676 bits per heavy atom. The average Bonchev–Trinajstić information content (AvgIpc) is 2.81. The minimum Gasteiger partial charge on any atom is -0.355 e. The zero-order valence-corrected chi connectivity index (χ0v) is 19.6. The van der Waals surface area contributed by atoms with Crippen LogP contribution in [0, 0.1) is 0 Å². The number of nitrogens with two attached hydrogens (primary N) is 4. The molecule has 0 bridgehead atoms. The van der Waals surface area contributed by atoms with Crippen molar-refractivity contribution in [2.45, 2.75) is 25.7 Å². The summed E-state index contributed by atoms with van der Waals surface area (Å²) in [6.07, 6.45) is -0.0136. The first-order chi connectivity index (χ1) is 16.3. The van der Waals surface area contributed by atoms with Crippen LogP contribution in [0.2, 0.25) is 0 Å². The highest BCUT2D eigenvalue weighted by Crippen LogP contribution is 2.21. The summed E-state index contributed by atoms with van der Waals surface area (Å²) >= 11 is 0. The van der Waals surface area contributed by atoms with Crippen LogP contribution in [-0.4, -0.2) is 76.0 Å². The van der Waals surface area contributed by atoms with E-state index in [-0.39, 0.29) is 49.3 Å². The van der Waals surface area contributed by atoms with Crippen LogP contribution in [-0.2, 0) is 44.9 Å². The third-order valence-corrected chi connectivity index (χ3v) is 4.79. The van der Waals surface area contributed by atoms with Gasteiger partial charge in [-0.05, 0) is 22.3 Å². The minimum absolute atomic E-state index is 0.00340. The van der Waals surface area contributed by atoms with Crippen LogP contribution >= 0.6 is 0 Å². The zero-order chi connectivity index (χ0) is 25.3. The van der Waals surface area contributed by atoms with E-state index >= 15 is 0 Å². The highest BCUT2D eigenvalue weighted by molar-refractivity contribution is 5.85. The van der Waals surface area contributed by atoms with E-state index in [0.717, 1.165) is 0 Å². The van der Waals surface area contributed by atoms with Crippen LogP contribution in [0.5, 0.6) is 0 Å². The van der Waals surface area contributed by atoms with Gasteiger partial charge < -0.3 is 44.2 Å². The van der Waals surface area contributed by atoms with Gasteiger partial charge in [-0.1, -0.05) is 12.1 Å². The molecule has 1 rings (SSSR count). The Labute approximate surface area is 199 Å². The van der Waals surface area contributed by atoms with Gasteiger partial charge >= 0.3 is 0 Å². The van der Waals surface area contributed by atoms with Gasteiger partial charge in [-0.15, -0.1) is 0 Å². The van der Waals surface area contributed by atoms with Gasteiger partial charge in [0.15, 0.2) is 0 Å². The monoisotopic (exact) mass is 478 g/mol. The smallest absolute Gasteiger partial charge is 0.224 e. The summed E-state index contributed by atoms with van der Waals surface area (Å²) in [5, 5.41) is 10.8. The second-order valence-corrected chi connectivity index (χ2v) is 7.65. The van der Waals surface area contributed by atoms with Crippen molar-refractivity contribution in [1.29, 1.82) is 0 Å². The zero-order valence-electron chi connectivity index (χ0n) is 19.6. The first kappa shape index (κ1) is 29.0. The van der Waals surface area contributed by atoms with Crippen LogP contribution in [0.4, 0.5) is 0 Å². The molecule has 0 saturated carbocycles. The first-order valence-electron chi connectivity index (χ1n) is 11.3. The second-order valence-electron chi connectivity index (χ2n) is 7.65. The summed E-state index contributed by atoms with van der Waals surface area (Å²) in [6, 6.07) is 3.42. The number of carbonyl (C=O) groups excluding carboxylic acids is 4. The molecule has 0 unspecified atom stereocenters. The molecule has 0 aliphatic heterocycles. The van der Waals surface area contributed by atoms with Crippen molar-refractivity contribution in [3.63, 3.8) is 0 Å². The maximum atomic E-state index is 12.4. The van der Waals surface area contributed by atoms with Gasteiger partial charge in [-0.25, -0.2) is 0 Å². The van der Waals surface area contributed by atoms with Crippen LogP contribution in [0.25, 0.3) is 0 Å². The first-order valence-corrected chi connectivity index (χ1v) is 11.3. The molecule has 1 aromatic carbocycles. The van der Waals surface area contributed by atoms with Crippen molar-refractivity contribution >= 4 is 23.6 Å². The van der Waals surface area contributed by atoms with Crippen molar-refractivity contribution in [3.8, 4) is 0 Å². The Kier molecular flexibility index (Phi) is 14.1. The molecule has 0 aliphatic rings. The lowest BCUT2D eigenvalue weighted by atomic mass is 9.91. The SMILES string of the molecule is NCCNC(=O)Cc1cc(CC(=O)NCCN)c(CC(=O)NCCN)cc1CC(=O)NCCN. The van der Waals surface area contributed by atoms with E-state index in [0.29, 0.717) is 74.6 Å². The van der Waals surface area contributed by atoms with E-state index in [9.17, 15) is 19.2 Å². The Bertz CT molecular complexity index is 701. The fourth-order valence-corrected chi connectivity index (χ4v) is 3.24. The summed E-state index contributed by atoms with van der Waals surface area (Å²) < 4.78 is 0. The van der Waals surface area contributed by atoms with Crippen LogP contribution in [0.3, 0.4) is 0 Å². The summed E-state index contributed by atoms with van der Waals surface area (Å²) in [6.45, 7) is 2.45. The van der Waals surface area contributed by atoms with Gasteiger partial charge in [0, 0.05) is 52.4 Å². The molecule has 12 N–H and O–H groups in total. The lowest BCUT2D eigenvalue weighted by molar-refractivity contribution is -0.121. The van der Waals surface area contributed by atoms with Crippen LogP contribution < -0.4 is 44.2 Å². The molecule has 0 aromatic heterocycles. The molecule has 1 aromatic rings. The Hall–Kier alpha value is -3.06. The number of carbonyl (C=O) groups is 4. The number of hydrogen-bond donors (Lipinski definition) is 8. The standard InChI is InChI=1S/C22H38N8O4/c23-1-5-27-19(31)11-15-9-17(13-21(33)29-7-3-25)18(14-22(34)30-8-4-26)10-16(15)12-20(32)28-6-2-24/h9-10H,1-8,11-14,23-26H2,(H,27,31)(H,28,32)(H,29,33)(H,30,34). The van der Waals surface area contributed by atoms with Crippen molar-refractivity contribution in [2.75, 3.05) is 52.4 Å². The quantitative estimate of drug-likeness (QED) is 0.117. The fourth-order valence-electron chi connectivity index (χ4n) is 3.24. The van der Waals surface area contributed by atoms with Crippen molar-refractivity contribution in [3.05, 3.63) is 34.4 Å². The third kappa shape index (κ3) is 11.2. The molecule has 0 fully saturated rings.